The van der Waals surface area contributed by atoms with E-state index in [2.05, 4.69) is 33.4 Å². The van der Waals surface area contributed by atoms with Crippen LogP contribution < -0.4 is 10.0 Å². The number of ether oxygens (including phenoxy) is 1. The van der Waals surface area contributed by atoms with Crippen molar-refractivity contribution in [2.75, 3.05) is 19.3 Å². The Morgan fingerprint density at radius 3 is 3.04 bits per heavy atom. The second-order valence-corrected chi connectivity index (χ2v) is 9.31. The molecule has 0 aromatic rings. The third-order valence-corrected chi connectivity index (χ3v) is 6.42. The molecule has 0 aromatic carbocycles. The van der Waals surface area contributed by atoms with Gasteiger partial charge in [0.25, 0.3) is 0 Å². The normalized spacial score (nSPS) is 31.2. The molecule has 0 amide bonds. The van der Waals surface area contributed by atoms with Crippen molar-refractivity contribution < 1.29 is 13.2 Å². The summed E-state index contributed by atoms with van der Waals surface area (Å²) in [4.78, 5) is 2.26. The molecule has 1 spiro atoms. The summed E-state index contributed by atoms with van der Waals surface area (Å²) in [6.07, 6.45) is 15.7. The SMILES string of the molecule is CS(=O)(=O)NCCN[C@H]1CC23CCCCC2=CN2C=CCCC2=C3O1. The lowest BCUT2D eigenvalue weighted by atomic mass is 9.66. The molecule has 1 unspecified atom stereocenters. The number of hydrogen-bond donors (Lipinski definition) is 2. The van der Waals surface area contributed by atoms with Gasteiger partial charge in [0.05, 0.1) is 17.4 Å². The first-order valence-electron chi connectivity index (χ1n) is 9.22. The smallest absolute Gasteiger partial charge is 0.208 e. The third kappa shape index (κ3) is 3.25. The average Bonchev–Trinajstić information content (AvgIpc) is 2.94. The molecule has 25 heavy (non-hydrogen) atoms. The summed E-state index contributed by atoms with van der Waals surface area (Å²) in [5, 5.41) is 3.39. The fourth-order valence-corrected chi connectivity index (χ4v) is 5.08. The van der Waals surface area contributed by atoms with Crippen LogP contribution in [0.25, 0.3) is 0 Å². The van der Waals surface area contributed by atoms with Crippen LogP contribution in [0.5, 0.6) is 0 Å². The Kier molecular flexibility index (Phi) is 4.42. The molecule has 3 heterocycles. The first-order valence-corrected chi connectivity index (χ1v) is 11.1. The lowest BCUT2D eigenvalue weighted by Gasteiger charge is -2.42. The van der Waals surface area contributed by atoms with E-state index in [1.165, 1.54) is 36.1 Å². The summed E-state index contributed by atoms with van der Waals surface area (Å²) in [5.41, 5.74) is 2.88. The van der Waals surface area contributed by atoms with Crippen LogP contribution in [0.1, 0.15) is 44.9 Å². The van der Waals surface area contributed by atoms with Crippen LogP contribution in [0.3, 0.4) is 0 Å². The molecule has 2 N–H and O–H groups in total. The summed E-state index contributed by atoms with van der Waals surface area (Å²) in [6.45, 7) is 0.953. The lowest BCUT2D eigenvalue weighted by Crippen LogP contribution is -2.37. The van der Waals surface area contributed by atoms with Crippen LogP contribution >= 0.6 is 0 Å². The van der Waals surface area contributed by atoms with Gasteiger partial charge in [0.1, 0.15) is 5.76 Å². The van der Waals surface area contributed by atoms with Crippen molar-refractivity contribution in [3.8, 4) is 0 Å². The molecule has 4 aliphatic rings. The molecule has 0 aromatic heterocycles. The van der Waals surface area contributed by atoms with E-state index in [4.69, 9.17) is 4.74 Å². The van der Waals surface area contributed by atoms with Gasteiger partial charge in [-0.2, -0.15) is 0 Å². The zero-order valence-corrected chi connectivity index (χ0v) is 15.6. The molecule has 1 saturated heterocycles. The molecule has 2 atom stereocenters. The van der Waals surface area contributed by atoms with Crippen molar-refractivity contribution in [3.63, 3.8) is 0 Å². The Bertz CT molecular complexity index is 741. The third-order valence-electron chi connectivity index (χ3n) is 5.69. The van der Waals surface area contributed by atoms with Gasteiger partial charge in [0.15, 0.2) is 6.23 Å². The number of hydrogen-bond acceptors (Lipinski definition) is 5. The van der Waals surface area contributed by atoms with Gasteiger partial charge in [0, 0.05) is 31.9 Å². The van der Waals surface area contributed by atoms with Crippen LogP contribution in [-0.4, -0.2) is 38.9 Å². The predicted molar refractivity (Wildman–Crippen MR) is 96.6 cm³/mol. The first kappa shape index (κ1) is 17.1. The van der Waals surface area contributed by atoms with Crippen molar-refractivity contribution in [1.82, 2.24) is 14.9 Å². The number of fused-ring (bicyclic) bond motifs is 1. The summed E-state index contributed by atoms with van der Waals surface area (Å²) in [5.74, 6) is 1.17. The van der Waals surface area contributed by atoms with Crippen LogP contribution in [0, 0.1) is 5.41 Å². The zero-order valence-electron chi connectivity index (χ0n) is 14.8. The molecular weight excluding hydrogens is 338 g/mol. The molecule has 7 heteroatoms. The maximum Gasteiger partial charge on any atom is 0.208 e. The molecular formula is C18H27N3O3S. The van der Waals surface area contributed by atoms with Gasteiger partial charge in [-0.25, -0.2) is 13.1 Å². The first-order chi connectivity index (χ1) is 12.0. The maximum absolute atomic E-state index is 11.2. The number of rotatable bonds is 5. The average molecular weight is 365 g/mol. The fraction of sp³-hybridized carbons (Fsp3) is 0.667. The van der Waals surface area contributed by atoms with Gasteiger partial charge in [-0.1, -0.05) is 12.5 Å². The molecule has 0 radical (unpaired) electrons. The zero-order chi connectivity index (χ0) is 17.5. The van der Waals surface area contributed by atoms with E-state index in [0.29, 0.717) is 13.1 Å². The highest BCUT2D eigenvalue weighted by molar-refractivity contribution is 7.88. The molecule has 138 valence electrons. The molecule has 1 saturated carbocycles. The predicted octanol–water partition coefficient (Wildman–Crippen LogP) is 2.15. The number of nitrogens with one attached hydrogen (secondary N) is 2. The Hall–Kier alpha value is -1.31. The molecule has 2 fully saturated rings. The molecule has 3 aliphatic heterocycles. The standard InChI is InChI=1S/C18H27N3O3S/c1-25(22,23)20-10-9-19-16-12-18-8-4-2-6-14(18)13-21-11-5-3-7-15(21)17(18)24-16/h5,11,13,16,19-20H,2-4,6-10,12H2,1H3/t16-,18?/m1/s1. The highest BCUT2D eigenvalue weighted by atomic mass is 32.2. The van der Waals surface area contributed by atoms with Crippen molar-refractivity contribution in [3.05, 3.63) is 35.5 Å². The molecule has 0 bridgehead atoms. The van der Waals surface area contributed by atoms with E-state index in [1.807, 2.05) is 0 Å². The van der Waals surface area contributed by atoms with E-state index in [1.54, 1.807) is 0 Å². The van der Waals surface area contributed by atoms with Crippen LogP contribution in [0.4, 0.5) is 0 Å². The quantitative estimate of drug-likeness (QED) is 0.731. The summed E-state index contributed by atoms with van der Waals surface area (Å²) in [6, 6.07) is 0. The Labute approximate surface area is 150 Å². The van der Waals surface area contributed by atoms with Crippen molar-refractivity contribution in [2.45, 2.75) is 51.2 Å². The van der Waals surface area contributed by atoms with E-state index < -0.39 is 10.0 Å². The Balaban J connectivity index is 1.51. The minimum absolute atomic E-state index is 0.0452. The second kappa shape index (κ2) is 6.45. The van der Waals surface area contributed by atoms with Gasteiger partial charge in [0.2, 0.25) is 10.0 Å². The van der Waals surface area contributed by atoms with E-state index in [-0.39, 0.29) is 11.6 Å². The highest BCUT2D eigenvalue weighted by Gasteiger charge is 2.52. The van der Waals surface area contributed by atoms with E-state index in [9.17, 15) is 8.42 Å². The summed E-state index contributed by atoms with van der Waals surface area (Å²) < 4.78 is 31.3. The van der Waals surface area contributed by atoms with Gasteiger partial charge < -0.3 is 9.64 Å². The fourth-order valence-electron chi connectivity index (χ4n) is 4.60. The Morgan fingerprint density at radius 2 is 2.20 bits per heavy atom. The second-order valence-electron chi connectivity index (χ2n) is 7.48. The number of nitrogens with zero attached hydrogens (tertiary/aromatic N) is 1. The van der Waals surface area contributed by atoms with Crippen molar-refractivity contribution in [2.24, 2.45) is 5.41 Å². The monoisotopic (exact) mass is 365 g/mol. The minimum atomic E-state index is -3.14. The van der Waals surface area contributed by atoms with Gasteiger partial charge in [-0.15, -0.1) is 0 Å². The topological polar surface area (TPSA) is 70.7 Å². The van der Waals surface area contributed by atoms with Crippen molar-refractivity contribution >= 4 is 10.0 Å². The van der Waals surface area contributed by atoms with E-state index >= 15 is 0 Å². The van der Waals surface area contributed by atoms with Gasteiger partial charge in [-0.05, 0) is 37.7 Å². The van der Waals surface area contributed by atoms with Gasteiger partial charge in [-0.3, -0.25) is 5.32 Å². The van der Waals surface area contributed by atoms with Crippen LogP contribution in [0.2, 0.25) is 0 Å². The Morgan fingerprint density at radius 1 is 1.32 bits per heavy atom. The van der Waals surface area contributed by atoms with Gasteiger partial charge >= 0.3 is 0 Å². The maximum atomic E-state index is 11.2. The van der Waals surface area contributed by atoms with E-state index in [0.717, 1.165) is 32.1 Å². The van der Waals surface area contributed by atoms with Crippen molar-refractivity contribution in [1.29, 1.82) is 0 Å². The molecule has 6 nitrogen and oxygen atoms in total. The lowest BCUT2D eigenvalue weighted by molar-refractivity contribution is 0.120. The minimum Gasteiger partial charge on any atom is -0.477 e. The number of sulfonamides is 1. The largest absolute Gasteiger partial charge is 0.477 e. The highest BCUT2D eigenvalue weighted by Crippen LogP contribution is 2.58. The summed E-state index contributed by atoms with van der Waals surface area (Å²) >= 11 is 0. The van der Waals surface area contributed by atoms with Crippen LogP contribution in [-0.2, 0) is 14.8 Å². The molecule has 1 aliphatic carbocycles. The number of allylic oxidation sites excluding steroid dienone is 3. The van der Waals surface area contributed by atoms with Crippen LogP contribution in [0.15, 0.2) is 35.5 Å². The molecule has 4 rings (SSSR count). The summed E-state index contributed by atoms with van der Waals surface area (Å²) in [7, 11) is -3.14.